The van der Waals surface area contributed by atoms with Crippen LogP contribution in [-0.2, 0) is 0 Å². The van der Waals surface area contributed by atoms with Gasteiger partial charge in [-0.2, -0.15) is 0 Å². The summed E-state index contributed by atoms with van der Waals surface area (Å²) in [4.78, 5) is 0. The van der Waals surface area contributed by atoms with Gasteiger partial charge in [0.1, 0.15) is 0 Å². The standard InChI is InChI=1S/C7H8F3N/c1-11-5-3-2-4(8)6(9)7(5)10/h2-4,6,11H,1H3. The summed E-state index contributed by atoms with van der Waals surface area (Å²) in [7, 11) is 1.45. The Kier molecular flexibility index (Phi) is 2.22. The van der Waals surface area contributed by atoms with Gasteiger partial charge in [0, 0.05) is 7.05 Å². The summed E-state index contributed by atoms with van der Waals surface area (Å²) in [6.07, 6.45) is -1.83. The van der Waals surface area contributed by atoms with E-state index >= 15 is 0 Å². The monoisotopic (exact) mass is 163 g/mol. The highest BCUT2D eigenvalue weighted by atomic mass is 19.2. The molecule has 0 fully saturated rings. The summed E-state index contributed by atoms with van der Waals surface area (Å²) >= 11 is 0. The molecule has 1 nitrogen and oxygen atoms in total. The molecular weight excluding hydrogens is 155 g/mol. The van der Waals surface area contributed by atoms with Crippen molar-refractivity contribution in [2.75, 3.05) is 7.05 Å². The number of rotatable bonds is 1. The molecule has 1 aliphatic rings. The molecule has 0 aromatic heterocycles. The highest BCUT2D eigenvalue weighted by Gasteiger charge is 2.28. The van der Waals surface area contributed by atoms with Gasteiger partial charge in [0.15, 0.2) is 18.2 Å². The van der Waals surface area contributed by atoms with Gasteiger partial charge < -0.3 is 5.32 Å². The molecule has 2 unspecified atom stereocenters. The molecule has 2 atom stereocenters. The summed E-state index contributed by atoms with van der Waals surface area (Å²) in [5.74, 6) is -1.07. The van der Waals surface area contributed by atoms with E-state index in [0.29, 0.717) is 0 Å². The number of hydrogen-bond acceptors (Lipinski definition) is 1. The van der Waals surface area contributed by atoms with Crippen molar-refractivity contribution in [3.05, 3.63) is 23.7 Å². The Balaban J connectivity index is 2.87. The number of halogens is 3. The minimum absolute atomic E-state index is 0.00593. The molecule has 0 saturated heterocycles. The number of allylic oxidation sites excluding steroid dienone is 3. The number of likely N-dealkylation sites (N-methyl/N-ethyl adjacent to an activating group) is 1. The maximum absolute atomic E-state index is 12.6. The van der Waals surface area contributed by atoms with Gasteiger partial charge in [-0.1, -0.05) is 0 Å². The molecule has 1 rings (SSSR count). The SMILES string of the molecule is CNC1=C(F)C(F)C(F)C=C1. The van der Waals surface area contributed by atoms with Gasteiger partial charge in [-0.05, 0) is 12.2 Å². The molecule has 0 aliphatic heterocycles. The highest BCUT2D eigenvalue weighted by Crippen LogP contribution is 2.23. The van der Waals surface area contributed by atoms with E-state index in [1.54, 1.807) is 0 Å². The van der Waals surface area contributed by atoms with Gasteiger partial charge in [-0.15, -0.1) is 0 Å². The molecule has 0 radical (unpaired) electrons. The van der Waals surface area contributed by atoms with Crippen molar-refractivity contribution in [3.8, 4) is 0 Å². The average molecular weight is 163 g/mol. The minimum atomic E-state index is -2.15. The van der Waals surface area contributed by atoms with E-state index in [1.165, 1.54) is 13.1 Å². The molecule has 0 spiro atoms. The van der Waals surface area contributed by atoms with E-state index in [0.717, 1.165) is 6.08 Å². The number of hydrogen-bond donors (Lipinski definition) is 1. The van der Waals surface area contributed by atoms with Crippen molar-refractivity contribution in [1.29, 1.82) is 0 Å². The smallest absolute Gasteiger partial charge is 0.188 e. The zero-order valence-electron chi connectivity index (χ0n) is 5.94. The van der Waals surface area contributed by atoms with Gasteiger partial charge in [0.2, 0.25) is 0 Å². The fourth-order valence-corrected chi connectivity index (χ4v) is 0.856. The van der Waals surface area contributed by atoms with Crippen LogP contribution in [0.1, 0.15) is 0 Å². The Morgan fingerprint density at radius 2 is 2.09 bits per heavy atom. The van der Waals surface area contributed by atoms with Crippen LogP contribution < -0.4 is 5.32 Å². The normalized spacial score (nSPS) is 30.9. The van der Waals surface area contributed by atoms with Crippen LogP contribution in [0.2, 0.25) is 0 Å². The van der Waals surface area contributed by atoms with Gasteiger partial charge in [-0.25, -0.2) is 13.2 Å². The summed E-state index contributed by atoms with van der Waals surface area (Å²) in [6.45, 7) is 0. The largest absolute Gasteiger partial charge is 0.386 e. The maximum atomic E-state index is 12.6. The first kappa shape index (κ1) is 8.17. The predicted octanol–water partition coefficient (Wildman–Crippen LogP) is 1.63. The van der Waals surface area contributed by atoms with Gasteiger partial charge in [-0.3, -0.25) is 0 Å². The third kappa shape index (κ3) is 1.39. The second kappa shape index (κ2) is 2.98. The summed E-state index contributed by atoms with van der Waals surface area (Å²) < 4.78 is 37.5. The fraction of sp³-hybridized carbons (Fsp3) is 0.429. The average Bonchev–Trinajstić information content (AvgIpc) is 2.01. The molecule has 11 heavy (non-hydrogen) atoms. The molecule has 0 bridgehead atoms. The van der Waals surface area contributed by atoms with Crippen LogP contribution in [0.15, 0.2) is 23.7 Å². The van der Waals surface area contributed by atoms with Crippen molar-refractivity contribution in [3.63, 3.8) is 0 Å². The lowest BCUT2D eigenvalue weighted by atomic mass is 10.1. The van der Waals surface area contributed by atoms with Crippen molar-refractivity contribution in [2.45, 2.75) is 12.3 Å². The third-order valence-electron chi connectivity index (χ3n) is 1.50. The first-order valence-electron chi connectivity index (χ1n) is 3.20. The van der Waals surface area contributed by atoms with Crippen LogP contribution in [0.4, 0.5) is 13.2 Å². The van der Waals surface area contributed by atoms with Crippen molar-refractivity contribution in [2.24, 2.45) is 0 Å². The lowest BCUT2D eigenvalue weighted by molar-refractivity contribution is 0.203. The minimum Gasteiger partial charge on any atom is -0.386 e. The van der Waals surface area contributed by atoms with E-state index in [2.05, 4.69) is 5.32 Å². The van der Waals surface area contributed by atoms with E-state index in [4.69, 9.17) is 0 Å². The van der Waals surface area contributed by atoms with Crippen LogP contribution in [-0.4, -0.2) is 19.4 Å². The lowest BCUT2D eigenvalue weighted by Crippen LogP contribution is -2.23. The molecule has 0 heterocycles. The fourth-order valence-electron chi connectivity index (χ4n) is 0.856. The summed E-state index contributed by atoms with van der Waals surface area (Å²) in [5.41, 5.74) is 0.00593. The van der Waals surface area contributed by atoms with Crippen LogP contribution >= 0.6 is 0 Å². The second-order valence-corrected chi connectivity index (χ2v) is 2.22. The molecule has 0 aromatic rings. The first-order chi connectivity index (χ1) is 5.16. The Morgan fingerprint density at radius 1 is 1.45 bits per heavy atom. The number of alkyl halides is 2. The molecule has 4 heteroatoms. The van der Waals surface area contributed by atoms with Gasteiger partial charge in [0.05, 0.1) is 5.70 Å². The Bertz CT molecular complexity index is 210. The Hall–Kier alpha value is -0.930. The van der Waals surface area contributed by atoms with Crippen LogP contribution in [0.5, 0.6) is 0 Å². The third-order valence-corrected chi connectivity index (χ3v) is 1.50. The predicted molar refractivity (Wildman–Crippen MR) is 36.1 cm³/mol. The van der Waals surface area contributed by atoms with Crippen molar-refractivity contribution >= 4 is 0 Å². The van der Waals surface area contributed by atoms with Crippen molar-refractivity contribution in [1.82, 2.24) is 5.32 Å². The number of nitrogens with one attached hydrogen (secondary N) is 1. The molecule has 62 valence electrons. The molecule has 0 aromatic carbocycles. The van der Waals surface area contributed by atoms with E-state index in [-0.39, 0.29) is 5.70 Å². The summed E-state index contributed by atoms with van der Waals surface area (Å²) in [6, 6.07) is 0. The molecule has 1 N–H and O–H groups in total. The Morgan fingerprint density at radius 3 is 2.64 bits per heavy atom. The van der Waals surface area contributed by atoms with Crippen molar-refractivity contribution < 1.29 is 13.2 Å². The maximum Gasteiger partial charge on any atom is 0.188 e. The lowest BCUT2D eigenvalue weighted by Gasteiger charge is -2.15. The van der Waals surface area contributed by atoms with Crippen LogP contribution in [0.25, 0.3) is 0 Å². The summed E-state index contributed by atoms with van der Waals surface area (Å²) in [5, 5.41) is 2.42. The Labute approximate surface area is 62.6 Å². The van der Waals surface area contributed by atoms with Gasteiger partial charge in [0.25, 0.3) is 0 Å². The second-order valence-electron chi connectivity index (χ2n) is 2.22. The van der Waals surface area contributed by atoms with E-state index in [1.807, 2.05) is 0 Å². The highest BCUT2D eigenvalue weighted by molar-refractivity contribution is 5.29. The molecule has 1 aliphatic carbocycles. The van der Waals surface area contributed by atoms with Crippen LogP contribution in [0, 0.1) is 0 Å². The van der Waals surface area contributed by atoms with E-state index < -0.39 is 18.2 Å². The molecule has 0 amide bonds. The zero-order valence-corrected chi connectivity index (χ0v) is 5.94. The molecule has 0 saturated carbocycles. The van der Waals surface area contributed by atoms with Crippen LogP contribution in [0.3, 0.4) is 0 Å². The zero-order chi connectivity index (χ0) is 8.43. The topological polar surface area (TPSA) is 12.0 Å². The molecular formula is C7H8F3N. The quantitative estimate of drug-likeness (QED) is 0.619. The first-order valence-corrected chi connectivity index (χ1v) is 3.20. The van der Waals surface area contributed by atoms with E-state index in [9.17, 15) is 13.2 Å². The van der Waals surface area contributed by atoms with Gasteiger partial charge >= 0.3 is 0 Å².